The molecule has 1 rings (SSSR count). The Balaban J connectivity index is 2.18. The number of hydrogen-bond acceptors (Lipinski definition) is 3. The minimum atomic E-state index is 0.629. The van der Waals surface area contributed by atoms with Gasteiger partial charge in [0.1, 0.15) is 0 Å². The van der Waals surface area contributed by atoms with Crippen molar-refractivity contribution in [1.82, 2.24) is 15.1 Å². The zero-order valence-electron chi connectivity index (χ0n) is 14.8. The summed E-state index contributed by atoms with van der Waals surface area (Å²) in [5, 5.41) is 5.60. The van der Waals surface area contributed by atoms with E-state index in [9.17, 15) is 0 Å². The predicted octanol–water partition coefficient (Wildman–Crippen LogP) is 2.92. The molecule has 0 bridgehead atoms. The first-order valence-electron chi connectivity index (χ1n) is 8.19. The molecule has 0 aliphatic rings. The zero-order valence-corrected chi connectivity index (χ0v) is 15.6. The van der Waals surface area contributed by atoms with Crippen LogP contribution >= 0.6 is 11.3 Å². The van der Waals surface area contributed by atoms with Gasteiger partial charge in [0.2, 0.25) is 0 Å². The first-order valence-corrected chi connectivity index (χ1v) is 9.07. The fraction of sp³-hybridized carbons (Fsp3) is 0.706. The number of likely N-dealkylation sites (N-methyl/N-ethyl adjacent to an activating group) is 1. The molecule has 0 fully saturated rings. The van der Waals surface area contributed by atoms with E-state index < -0.39 is 0 Å². The highest BCUT2D eigenvalue weighted by Gasteiger charge is 2.06. The fourth-order valence-electron chi connectivity index (χ4n) is 2.17. The maximum Gasteiger partial charge on any atom is 0.193 e. The van der Waals surface area contributed by atoms with Gasteiger partial charge in [-0.05, 0) is 58.1 Å². The molecule has 1 aromatic heterocycles. The summed E-state index contributed by atoms with van der Waals surface area (Å²) in [6.07, 6.45) is 3.47. The molecule has 1 heterocycles. The molecule has 4 nitrogen and oxygen atoms in total. The van der Waals surface area contributed by atoms with E-state index in [-0.39, 0.29) is 0 Å². The van der Waals surface area contributed by atoms with E-state index in [1.54, 1.807) is 0 Å². The van der Waals surface area contributed by atoms with Crippen LogP contribution in [0.4, 0.5) is 0 Å². The molecule has 22 heavy (non-hydrogen) atoms. The smallest absolute Gasteiger partial charge is 0.193 e. The van der Waals surface area contributed by atoms with E-state index in [4.69, 9.17) is 0 Å². The topological polar surface area (TPSA) is 30.9 Å². The maximum atomic E-state index is 4.37. The lowest BCUT2D eigenvalue weighted by Gasteiger charge is -2.23. The monoisotopic (exact) mass is 324 g/mol. The van der Waals surface area contributed by atoms with Crippen molar-refractivity contribution in [3.8, 4) is 0 Å². The van der Waals surface area contributed by atoms with Crippen molar-refractivity contribution in [3.63, 3.8) is 0 Å². The van der Waals surface area contributed by atoms with E-state index in [1.165, 1.54) is 17.7 Å². The van der Waals surface area contributed by atoms with Crippen molar-refractivity contribution in [1.29, 1.82) is 0 Å². The van der Waals surface area contributed by atoms with Crippen LogP contribution in [0.15, 0.2) is 22.5 Å². The Hall–Kier alpha value is -1.07. The van der Waals surface area contributed by atoms with Crippen LogP contribution in [-0.4, -0.2) is 62.6 Å². The highest BCUT2D eigenvalue weighted by atomic mass is 32.1. The van der Waals surface area contributed by atoms with E-state index in [2.05, 4.69) is 65.6 Å². The van der Waals surface area contributed by atoms with Gasteiger partial charge < -0.3 is 15.1 Å². The van der Waals surface area contributed by atoms with Gasteiger partial charge in [-0.3, -0.25) is 4.99 Å². The van der Waals surface area contributed by atoms with Crippen molar-refractivity contribution in [2.75, 3.05) is 40.8 Å². The summed E-state index contributed by atoms with van der Waals surface area (Å²) in [5.74, 6) is 0.994. The Labute approximate surface area is 140 Å². The van der Waals surface area contributed by atoms with Gasteiger partial charge in [0, 0.05) is 38.1 Å². The molecule has 0 unspecified atom stereocenters. The normalized spacial score (nSPS) is 12.2. The molecule has 0 spiro atoms. The predicted molar refractivity (Wildman–Crippen MR) is 99.0 cm³/mol. The average molecular weight is 325 g/mol. The summed E-state index contributed by atoms with van der Waals surface area (Å²) in [5.41, 5.74) is 0. The van der Waals surface area contributed by atoms with Crippen molar-refractivity contribution < 1.29 is 0 Å². The number of guanidine groups is 1. The maximum absolute atomic E-state index is 4.37. The lowest BCUT2D eigenvalue weighted by atomic mass is 10.2. The van der Waals surface area contributed by atoms with Crippen molar-refractivity contribution in [2.45, 2.75) is 39.2 Å². The second-order valence-corrected chi connectivity index (χ2v) is 7.04. The van der Waals surface area contributed by atoms with Crippen LogP contribution < -0.4 is 5.32 Å². The molecule has 0 atom stereocenters. The molecule has 0 amide bonds. The van der Waals surface area contributed by atoms with E-state index in [0.29, 0.717) is 6.04 Å². The van der Waals surface area contributed by atoms with Crippen LogP contribution in [0, 0.1) is 0 Å². The second-order valence-electron chi connectivity index (χ2n) is 6.01. The molecule has 0 aliphatic heterocycles. The van der Waals surface area contributed by atoms with Gasteiger partial charge in [-0.1, -0.05) is 6.07 Å². The Morgan fingerprint density at radius 3 is 2.64 bits per heavy atom. The van der Waals surface area contributed by atoms with Crippen LogP contribution in [0.2, 0.25) is 0 Å². The van der Waals surface area contributed by atoms with Gasteiger partial charge in [-0.15, -0.1) is 11.3 Å². The zero-order chi connectivity index (χ0) is 16.4. The van der Waals surface area contributed by atoms with Gasteiger partial charge in [0.15, 0.2) is 5.96 Å². The van der Waals surface area contributed by atoms with Crippen LogP contribution in [-0.2, 0) is 6.42 Å². The Morgan fingerprint density at radius 2 is 2.05 bits per heavy atom. The molecular weight excluding hydrogens is 292 g/mol. The van der Waals surface area contributed by atoms with Crippen LogP contribution in [0.25, 0.3) is 0 Å². The molecule has 1 N–H and O–H groups in total. The van der Waals surface area contributed by atoms with Crippen LogP contribution in [0.1, 0.15) is 31.6 Å². The number of aliphatic imine (C=N–C) groups is 1. The number of unbranched alkanes of at least 4 members (excludes halogenated alkanes) is 1. The van der Waals surface area contributed by atoms with E-state index >= 15 is 0 Å². The number of hydrogen-bond donors (Lipinski definition) is 1. The molecule has 0 aliphatic carbocycles. The van der Waals surface area contributed by atoms with Gasteiger partial charge in [-0.2, -0.15) is 0 Å². The highest BCUT2D eigenvalue weighted by Crippen LogP contribution is 2.09. The first kappa shape index (κ1) is 19.0. The van der Waals surface area contributed by atoms with Crippen molar-refractivity contribution >= 4 is 17.3 Å². The summed E-state index contributed by atoms with van der Waals surface area (Å²) in [6, 6.07) is 4.94. The number of nitrogens with zero attached hydrogens (tertiary/aromatic N) is 3. The lowest BCUT2D eigenvalue weighted by molar-refractivity contribution is 0.268. The standard InChI is InChI=1S/C17H32N4S/c1-15(2)20(4)12-7-6-11-19-17(18-3)21(5)13-10-16-9-8-14-22-16/h8-9,14-15H,6-7,10-13H2,1-5H3,(H,18,19). The Kier molecular flexibility index (Phi) is 9.16. The largest absolute Gasteiger partial charge is 0.356 e. The minimum Gasteiger partial charge on any atom is -0.356 e. The fourth-order valence-corrected chi connectivity index (χ4v) is 2.87. The second kappa shape index (κ2) is 10.6. The average Bonchev–Trinajstić information content (AvgIpc) is 3.01. The third-order valence-electron chi connectivity index (χ3n) is 3.95. The molecule has 0 saturated carbocycles. The molecular formula is C17H32N4S. The number of rotatable bonds is 9. The van der Waals surface area contributed by atoms with Gasteiger partial charge in [0.25, 0.3) is 0 Å². The SMILES string of the molecule is CN=C(NCCCCN(C)C(C)C)N(C)CCc1cccs1. The van der Waals surface area contributed by atoms with E-state index in [1.807, 2.05) is 18.4 Å². The van der Waals surface area contributed by atoms with Crippen molar-refractivity contribution in [2.24, 2.45) is 4.99 Å². The number of thiophene rings is 1. The Bertz CT molecular complexity index is 414. The first-order chi connectivity index (χ1) is 10.5. The third kappa shape index (κ3) is 7.27. The molecule has 126 valence electrons. The van der Waals surface area contributed by atoms with Crippen LogP contribution in [0.3, 0.4) is 0 Å². The van der Waals surface area contributed by atoms with Gasteiger partial charge in [-0.25, -0.2) is 0 Å². The van der Waals surface area contributed by atoms with Crippen molar-refractivity contribution in [3.05, 3.63) is 22.4 Å². The Morgan fingerprint density at radius 1 is 1.27 bits per heavy atom. The quantitative estimate of drug-likeness (QED) is 0.430. The van der Waals surface area contributed by atoms with Crippen LogP contribution in [0.5, 0.6) is 0 Å². The van der Waals surface area contributed by atoms with E-state index in [0.717, 1.165) is 32.0 Å². The summed E-state index contributed by atoms with van der Waals surface area (Å²) in [7, 11) is 6.15. The summed E-state index contributed by atoms with van der Waals surface area (Å²) in [6.45, 7) is 7.62. The molecule has 0 saturated heterocycles. The van der Waals surface area contributed by atoms with Gasteiger partial charge in [0.05, 0.1) is 0 Å². The molecule has 0 aromatic carbocycles. The summed E-state index contributed by atoms with van der Waals surface area (Å²) >= 11 is 1.82. The minimum absolute atomic E-state index is 0.629. The lowest BCUT2D eigenvalue weighted by Crippen LogP contribution is -2.40. The number of nitrogens with one attached hydrogen (secondary N) is 1. The molecule has 1 aromatic rings. The highest BCUT2D eigenvalue weighted by molar-refractivity contribution is 7.09. The summed E-state index contributed by atoms with van der Waals surface area (Å²) in [4.78, 5) is 10.4. The molecule has 0 radical (unpaired) electrons. The third-order valence-corrected chi connectivity index (χ3v) is 4.89. The van der Waals surface area contributed by atoms with Gasteiger partial charge >= 0.3 is 0 Å². The summed E-state index contributed by atoms with van der Waals surface area (Å²) < 4.78 is 0. The molecule has 5 heteroatoms.